The number of carbonyl (C=O) groups is 2. The molecule has 5 nitrogen and oxygen atoms in total. The highest BCUT2D eigenvalue weighted by Gasteiger charge is 2.41. The van der Waals surface area contributed by atoms with E-state index in [2.05, 4.69) is 5.32 Å². The van der Waals surface area contributed by atoms with Gasteiger partial charge in [0.15, 0.2) is 0 Å². The SMILES string of the molecule is CCOC1=C(C(=O)NC2(C(=O)O)CCCCC2)SCC=C1. The average molecular weight is 311 g/mol. The quantitative estimate of drug-likeness (QED) is 0.815. The van der Waals surface area contributed by atoms with Crippen molar-refractivity contribution in [3.05, 3.63) is 22.8 Å². The minimum Gasteiger partial charge on any atom is -0.493 e. The van der Waals surface area contributed by atoms with E-state index in [0.717, 1.165) is 19.3 Å². The highest BCUT2D eigenvalue weighted by molar-refractivity contribution is 8.04. The van der Waals surface area contributed by atoms with E-state index in [0.29, 0.717) is 35.9 Å². The summed E-state index contributed by atoms with van der Waals surface area (Å²) in [6, 6.07) is 0. The number of hydrogen-bond acceptors (Lipinski definition) is 4. The van der Waals surface area contributed by atoms with Crippen LogP contribution in [0.3, 0.4) is 0 Å². The number of allylic oxidation sites excluding steroid dienone is 1. The van der Waals surface area contributed by atoms with Crippen LogP contribution in [-0.4, -0.2) is 34.9 Å². The van der Waals surface area contributed by atoms with E-state index in [1.54, 1.807) is 6.08 Å². The highest BCUT2D eigenvalue weighted by Crippen LogP contribution is 2.31. The van der Waals surface area contributed by atoms with E-state index in [1.807, 2.05) is 13.0 Å². The summed E-state index contributed by atoms with van der Waals surface area (Å²) in [4.78, 5) is 24.6. The summed E-state index contributed by atoms with van der Waals surface area (Å²) < 4.78 is 5.46. The zero-order valence-corrected chi connectivity index (χ0v) is 13.0. The Morgan fingerprint density at radius 1 is 1.38 bits per heavy atom. The van der Waals surface area contributed by atoms with E-state index < -0.39 is 11.5 Å². The van der Waals surface area contributed by atoms with Crippen LogP contribution in [0.5, 0.6) is 0 Å². The molecule has 1 fully saturated rings. The number of carboxylic acids is 1. The van der Waals surface area contributed by atoms with Gasteiger partial charge in [0.25, 0.3) is 5.91 Å². The first kappa shape index (κ1) is 15.9. The molecule has 116 valence electrons. The van der Waals surface area contributed by atoms with Crippen LogP contribution in [0.2, 0.25) is 0 Å². The van der Waals surface area contributed by atoms with Gasteiger partial charge < -0.3 is 15.2 Å². The molecular weight excluding hydrogens is 290 g/mol. The molecule has 1 heterocycles. The van der Waals surface area contributed by atoms with Gasteiger partial charge in [-0.15, -0.1) is 11.8 Å². The van der Waals surface area contributed by atoms with Crippen LogP contribution in [-0.2, 0) is 14.3 Å². The van der Waals surface area contributed by atoms with Crippen molar-refractivity contribution in [2.45, 2.75) is 44.6 Å². The normalized spacial score (nSPS) is 21.0. The summed E-state index contributed by atoms with van der Waals surface area (Å²) in [5.41, 5.74) is -1.12. The van der Waals surface area contributed by atoms with Crippen molar-refractivity contribution in [3.63, 3.8) is 0 Å². The lowest BCUT2D eigenvalue weighted by molar-refractivity contribution is -0.148. The van der Waals surface area contributed by atoms with Crippen LogP contribution in [0.1, 0.15) is 39.0 Å². The second-order valence-corrected chi connectivity index (χ2v) is 6.27. The van der Waals surface area contributed by atoms with Gasteiger partial charge in [-0.05, 0) is 25.8 Å². The molecule has 21 heavy (non-hydrogen) atoms. The molecule has 0 unspecified atom stereocenters. The first-order valence-electron chi connectivity index (χ1n) is 7.31. The predicted molar refractivity (Wildman–Crippen MR) is 81.8 cm³/mol. The molecule has 0 saturated heterocycles. The summed E-state index contributed by atoms with van der Waals surface area (Å²) in [6.07, 6.45) is 7.38. The largest absolute Gasteiger partial charge is 0.493 e. The molecule has 0 radical (unpaired) electrons. The van der Waals surface area contributed by atoms with E-state index in [-0.39, 0.29) is 5.91 Å². The van der Waals surface area contributed by atoms with Crippen LogP contribution < -0.4 is 5.32 Å². The maximum absolute atomic E-state index is 12.5. The summed E-state index contributed by atoms with van der Waals surface area (Å²) in [7, 11) is 0. The van der Waals surface area contributed by atoms with Gasteiger partial charge in [0, 0.05) is 5.75 Å². The molecule has 0 atom stereocenters. The Labute approximate surface area is 128 Å². The second kappa shape index (κ2) is 7.02. The van der Waals surface area contributed by atoms with Gasteiger partial charge >= 0.3 is 5.97 Å². The number of carboxylic acid groups (broad SMARTS) is 1. The average Bonchev–Trinajstić information content (AvgIpc) is 2.49. The van der Waals surface area contributed by atoms with Gasteiger partial charge in [-0.2, -0.15) is 0 Å². The Hall–Kier alpha value is -1.43. The van der Waals surface area contributed by atoms with E-state index in [1.165, 1.54) is 11.8 Å². The fourth-order valence-electron chi connectivity index (χ4n) is 2.70. The molecule has 1 aliphatic carbocycles. The van der Waals surface area contributed by atoms with E-state index in [4.69, 9.17) is 4.74 Å². The van der Waals surface area contributed by atoms with Crippen molar-refractivity contribution in [2.75, 3.05) is 12.4 Å². The van der Waals surface area contributed by atoms with Crippen LogP contribution in [0.4, 0.5) is 0 Å². The molecule has 0 aromatic rings. The summed E-state index contributed by atoms with van der Waals surface area (Å²) in [6.45, 7) is 2.33. The van der Waals surface area contributed by atoms with Crippen molar-refractivity contribution < 1.29 is 19.4 Å². The van der Waals surface area contributed by atoms with E-state index >= 15 is 0 Å². The fourth-order valence-corrected chi connectivity index (χ4v) is 3.51. The topological polar surface area (TPSA) is 75.6 Å². The Morgan fingerprint density at radius 2 is 2.10 bits per heavy atom. The zero-order valence-electron chi connectivity index (χ0n) is 12.2. The lowest BCUT2D eigenvalue weighted by atomic mass is 9.81. The Kier molecular flexibility index (Phi) is 5.33. The van der Waals surface area contributed by atoms with Crippen molar-refractivity contribution in [3.8, 4) is 0 Å². The second-order valence-electron chi connectivity index (χ2n) is 5.24. The van der Waals surface area contributed by atoms with Crippen LogP contribution >= 0.6 is 11.8 Å². The van der Waals surface area contributed by atoms with Crippen molar-refractivity contribution >= 4 is 23.6 Å². The smallest absolute Gasteiger partial charge is 0.329 e. The summed E-state index contributed by atoms with van der Waals surface area (Å²) in [5.74, 6) is -0.0514. The number of amides is 1. The van der Waals surface area contributed by atoms with Gasteiger partial charge in [-0.1, -0.05) is 25.3 Å². The van der Waals surface area contributed by atoms with Crippen molar-refractivity contribution in [2.24, 2.45) is 0 Å². The van der Waals surface area contributed by atoms with Crippen LogP contribution in [0, 0.1) is 0 Å². The summed E-state index contributed by atoms with van der Waals surface area (Å²) in [5, 5.41) is 12.3. The molecule has 0 aromatic carbocycles. The van der Waals surface area contributed by atoms with Gasteiger partial charge in [-0.25, -0.2) is 4.79 Å². The molecule has 1 amide bonds. The Morgan fingerprint density at radius 3 is 2.71 bits per heavy atom. The number of rotatable bonds is 5. The fraction of sp³-hybridized carbons (Fsp3) is 0.600. The molecular formula is C15H21NO4S. The number of thioether (sulfide) groups is 1. The van der Waals surface area contributed by atoms with Crippen molar-refractivity contribution in [1.82, 2.24) is 5.32 Å². The van der Waals surface area contributed by atoms with Crippen LogP contribution in [0.25, 0.3) is 0 Å². The standard InChI is InChI=1S/C15H21NO4S/c1-2-20-11-7-6-10-21-12(11)13(17)16-15(14(18)19)8-4-3-5-9-15/h6-7H,2-5,8-10H2,1H3,(H,16,17)(H,18,19). The molecule has 6 heteroatoms. The maximum Gasteiger partial charge on any atom is 0.329 e. The molecule has 1 aliphatic heterocycles. The number of hydrogen-bond donors (Lipinski definition) is 2. The first-order valence-corrected chi connectivity index (χ1v) is 8.30. The van der Waals surface area contributed by atoms with Gasteiger partial charge in [0.1, 0.15) is 16.2 Å². The molecule has 0 spiro atoms. The van der Waals surface area contributed by atoms with E-state index in [9.17, 15) is 14.7 Å². The maximum atomic E-state index is 12.5. The number of ether oxygens (including phenoxy) is 1. The monoisotopic (exact) mass is 311 g/mol. The van der Waals surface area contributed by atoms with Gasteiger partial charge in [0.2, 0.25) is 0 Å². The molecule has 2 rings (SSSR count). The third-order valence-corrected chi connectivity index (χ3v) is 4.83. The minimum absolute atomic E-state index is 0.336. The number of aliphatic carboxylic acids is 1. The lowest BCUT2D eigenvalue weighted by Gasteiger charge is -2.34. The number of nitrogens with one attached hydrogen (secondary N) is 1. The summed E-state index contributed by atoms with van der Waals surface area (Å²) >= 11 is 1.38. The van der Waals surface area contributed by atoms with Gasteiger partial charge in [-0.3, -0.25) is 4.79 Å². The first-order chi connectivity index (χ1) is 10.1. The third-order valence-electron chi connectivity index (χ3n) is 3.79. The molecule has 2 aliphatic rings. The Bertz CT molecular complexity index is 478. The molecule has 2 N–H and O–H groups in total. The lowest BCUT2D eigenvalue weighted by Crippen LogP contribution is -2.55. The van der Waals surface area contributed by atoms with Crippen LogP contribution in [0.15, 0.2) is 22.8 Å². The zero-order chi connectivity index (χ0) is 15.3. The number of carbonyl (C=O) groups excluding carboxylic acids is 1. The van der Waals surface area contributed by atoms with Gasteiger partial charge in [0.05, 0.1) is 6.61 Å². The highest BCUT2D eigenvalue weighted by atomic mass is 32.2. The third kappa shape index (κ3) is 3.61. The molecule has 0 bridgehead atoms. The minimum atomic E-state index is -1.12. The Balaban J connectivity index is 2.18. The molecule has 1 saturated carbocycles. The predicted octanol–water partition coefficient (Wildman–Crippen LogP) is 2.44. The molecule has 0 aromatic heterocycles. The van der Waals surface area contributed by atoms with Crippen molar-refractivity contribution in [1.29, 1.82) is 0 Å².